The van der Waals surface area contributed by atoms with Gasteiger partial charge in [0.15, 0.2) is 0 Å². The van der Waals surface area contributed by atoms with E-state index in [-0.39, 0.29) is 18.8 Å². The highest BCUT2D eigenvalue weighted by atomic mass is 35.5. The molecule has 2 unspecified atom stereocenters. The molecule has 1 aliphatic rings. The van der Waals surface area contributed by atoms with Crippen LogP contribution in [0.3, 0.4) is 0 Å². The van der Waals surface area contributed by atoms with Crippen LogP contribution in [0.25, 0.3) is 0 Å². The maximum atomic E-state index is 11.7. The monoisotopic (exact) mass is 539 g/mol. The molecule has 0 aromatic heterocycles. The van der Waals surface area contributed by atoms with E-state index in [9.17, 15) is 24.9 Å². The lowest BCUT2D eigenvalue weighted by atomic mass is 9.93. The van der Waals surface area contributed by atoms with Crippen molar-refractivity contribution >= 4 is 35.9 Å². The second-order valence-electron chi connectivity index (χ2n) is 9.22. The Labute approximate surface area is 223 Å². The van der Waals surface area contributed by atoms with Crippen molar-refractivity contribution in [3.05, 3.63) is 64.2 Å². The van der Waals surface area contributed by atoms with E-state index in [4.69, 9.17) is 16.3 Å². The maximum Gasteiger partial charge on any atom is 0.360 e. The number of carboxylic acid groups (broad SMARTS) is 2. The van der Waals surface area contributed by atoms with Crippen LogP contribution < -0.4 is 10.1 Å². The zero-order valence-electron chi connectivity index (χ0n) is 20.6. The molecule has 36 heavy (non-hydrogen) atoms. The van der Waals surface area contributed by atoms with E-state index < -0.39 is 23.6 Å². The van der Waals surface area contributed by atoms with Gasteiger partial charge in [-0.2, -0.15) is 0 Å². The topological polar surface area (TPSA) is 116 Å². The Bertz CT molecular complexity index is 1030. The van der Waals surface area contributed by atoms with Crippen molar-refractivity contribution in [1.29, 1.82) is 0 Å². The van der Waals surface area contributed by atoms with Gasteiger partial charge in [0.25, 0.3) is 5.60 Å². The molecule has 198 valence electrons. The highest BCUT2D eigenvalue weighted by molar-refractivity contribution is 6.30. The molecule has 1 saturated carbocycles. The van der Waals surface area contributed by atoms with Crippen molar-refractivity contribution in [2.45, 2.75) is 63.6 Å². The molecule has 0 aliphatic heterocycles. The van der Waals surface area contributed by atoms with Gasteiger partial charge >= 0.3 is 11.9 Å². The first kappa shape index (κ1) is 29.9. The number of carboxylic acids is 2. The predicted molar refractivity (Wildman–Crippen MR) is 141 cm³/mol. The largest absolute Gasteiger partial charge is 0.478 e. The smallest absolute Gasteiger partial charge is 0.360 e. The number of aryl methyl sites for hydroxylation is 1. The summed E-state index contributed by atoms with van der Waals surface area (Å²) in [4.78, 5) is 23.4. The summed E-state index contributed by atoms with van der Waals surface area (Å²) in [6.07, 6.45) is 2.91. The van der Waals surface area contributed by atoms with Crippen LogP contribution in [0.2, 0.25) is 5.02 Å². The van der Waals surface area contributed by atoms with Crippen LogP contribution in [0.1, 0.15) is 68.2 Å². The number of nitrogens with one attached hydrogen (secondary N) is 1. The van der Waals surface area contributed by atoms with Gasteiger partial charge in [-0.05, 0) is 79.0 Å². The van der Waals surface area contributed by atoms with E-state index in [2.05, 4.69) is 5.32 Å². The van der Waals surface area contributed by atoms with Crippen molar-refractivity contribution in [2.75, 3.05) is 13.1 Å². The predicted octanol–water partition coefficient (Wildman–Crippen LogP) is 5.23. The van der Waals surface area contributed by atoms with Crippen molar-refractivity contribution in [3.8, 4) is 5.75 Å². The number of carbonyl (C=O) groups is 2. The van der Waals surface area contributed by atoms with Crippen LogP contribution in [0, 0.1) is 5.92 Å². The summed E-state index contributed by atoms with van der Waals surface area (Å²) >= 11 is 6.01. The molecule has 0 radical (unpaired) electrons. The van der Waals surface area contributed by atoms with Crippen molar-refractivity contribution in [3.63, 3.8) is 0 Å². The minimum absolute atomic E-state index is 0. The van der Waals surface area contributed by atoms with E-state index in [1.165, 1.54) is 6.92 Å². The summed E-state index contributed by atoms with van der Waals surface area (Å²) in [7, 11) is 0. The summed E-state index contributed by atoms with van der Waals surface area (Å²) in [5.74, 6) is -1.86. The third-order valence-corrected chi connectivity index (χ3v) is 7.19. The Morgan fingerprint density at radius 3 is 2.47 bits per heavy atom. The number of benzene rings is 2. The first-order chi connectivity index (χ1) is 16.7. The molecule has 3 atom stereocenters. The van der Waals surface area contributed by atoms with Gasteiger partial charge in [-0.1, -0.05) is 49.7 Å². The van der Waals surface area contributed by atoms with Gasteiger partial charge < -0.3 is 25.4 Å². The third kappa shape index (κ3) is 6.91. The molecule has 0 heterocycles. The number of ether oxygens (including phenoxy) is 1. The second-order valence-corrected chi connectivity index (χ2v) is 9.66. The fourth-order valence-electron chi connectivity index (χ4n) is 4.79. The number of aliphatic hydroxyl groups excluding tert-OH is 1. The Morgan fingerprint density at radius 1 is 1.14 bits per heavy atom. The average molecular weight is 540 g/mol. The Morgan fingerprint density at radius 2 is 1.86 bits per heavy atom. The van der Waals surface area contributed by atoms with Crippen LogP contribution in [-0.4, -0.2) is 45.9 Å². The molecule has 0 spiro atoms. The molecule has 3 rings (SSSR count). The quantitative estimate of drug-likeness (QED) is 0.273. The van der Waals surface area contributed by atoms with Crippen LogP contribution in [0.5, 0.6) is 5.75 Å². The summed E-state index contributed by atoms with van der Waals surface area (Å²) < 4.78 is 5.61. The van der Waals surface area contributed by atoms with E-state index in [0.717, 1.165) is 42.5 Å². The number of hydrogen-bond acceptors (Lipinski definition) is 5. The van der Waals surface area contributed by atoms with Gasteiger partial charge in [0.1, 0.15) is 5.75 Å². The number of hydrogen-bond donors (Lipinski definition) is 4. The first-order valence-corrected chi connectivity index (χ1v) is 12.5. The number of halogens is 2. The first-order valence-electron chi connectivity index (χ1n) is 12.1. The summed E-state index contributed by atoms with van der Waals surface area (Å²) in [6.45, 7) is 4.70. The molecule has 1 fully saturated rings. The normalized spacial score (nSPS) is 18.3. The SMILES string of the molecule is CCc1cc(C2CCC(CNC[C@H](O)c3cccc(Cl)c3)C2)ccc1OC(CC)(C(=O)O)C(=O)O.Cl. The second kappa shape index (κ2) is 13.3. The van der Waals surface area contributed by atoms with Gasteiger partial charge in [0.05, 0.1) is 6.10 Å². The van der Waals surface area contributed by atoms with Gasteiger partial charge in [-0.25, -0.2) is 9.59 Å². The summed E-state index contributed by atoms with van der Waals surface area (Å²) in [5, 5.41) is 33.4. The van der Waals surface area contributed by atoms with Gasteiger partial charge in [-0.3, -0.25) is 0 Å². The number of aliphatic hydroxyl groups is 1. The fraction of sp³-hybridized carbons (Fsp3) is 0.481. The van der Waals surface area contributed by atoms with Crippen molar-refractivity contribution in [1.82, 2.24) is 5.32 Å². The lowest BCUT2D eigenvalue weighted by Crippen LogP contribution is -2.51. The molecular formula is C27H35Cl2NO6. The lowest BCUT2D eigenvalue weighted by molar-refractivity contribution is -0.172. The minimum atomic E-state index is -2.30. The summed E-state index contributed by atoms with van der Waals surface area (Å²) in [6, 6.07) is 12.9. The Hall–Kier alpha value is -2.32. The minimum Gasteiger partial charge on any atom is -0.478 e. The fourth-order valence-corrected chi connectivity index (χ4v) is 4.99. The van der Waals surface area contributed by atoms with Crippen LogP contribution in [-0.2, 0) is 16.0 Å². The molecule has 0 bridgehead atoms. The highest BCUT2D eigenvalue weighted by Gasteiger charge is 2.48. The van der Waals surface area contributed by atoms with E-state index >= 15 is 0 Å². The summed E-state index contributed by atoms with van der Waals surface area (Å²) in [5.41, 5.74) is 0.449. The molecule has 2 aromatic carbocycles. The molecule has 4 N–H and O–H groups in total. The molecule has 9 heteroatoms. The van der Waals surface area contributed by atoms with Crippen molar-refractivity contribution in [2.24, 2.45) is 5.92 Å². The van der Waals surface area contributed by atoms with E-state index in [1.54, 1.807) is 18.2 Å². The van der Waals surface area contributed by atoms with Crippen LogP contribution in [0.4, 0.5) is 0 Å². The van der Waals surface area contributed by atoms with Crippen LogP contribution >= 0.6 is 24.0 Å². The molecule has 1 aliphatic carbocycles. The third-order valence-electron chi connectivity index (χ3n) is 6.96. The zero-order chi connectivity index (χ0) is 25.6. The van der Waals surface area contributed by atoms with Crippen molar-refractivity contribution < 1.29 is 29.6 Å². The van der Waals surface area contributed by atoms with Gasteiger partial charge in [-0.15, -0.1) is 12.4 Å². The average Bonchev–Trinajstić information content (AvgIpc) is 3.31. The number of rotatable bonds is 12. The van der Waals surface area contributed by atoms with E-state index in [0.29, 0.717) is 35.6 Å². The maximum absolute atomic E-state index is 11.7. The lowest BCUT2D eigenvalue weighted by Gasteiger charge is -2.26. The van der Waals surface area contributed by atoms with Gasteiger partial charge in [0.2, 0.25) is 0 Å². The Balaban J connectivity index is 0.00000456. The zero-order valence-corrected chi connectivity index (χ0v) is 22.1. The molecular weight excluding hydrogens is 505 g/mol. The Kier molecular flexibility index (Phi) is 11.0. The van der Waals surface area contributed by atoms with Gasteiger partial charge in [0, 0.05) is 18.0 Å². The molecule has 2 aromatic rings. The van der Waals surface area contributed by atoms with E-state index in [1.807, 2.05) is 31.2 Å². The van der Waals surface area contributed by atoms with Crippen LogP contribution in [0.15, 0.2) is 42.5 Å². The standard InChI is InChI=1S/C27H34ClNO6.ClH/c1-3-18-13-20(10-11-24(18)35-27(4-2,25(31)32)26(33)34)19-9-8-17(12-19)15-29-16-23(30)21-6-5-7-22(28)14-21;/h5-7,10-11,13-14,17,19,23,29-30H,3-4,8-9,12,15-16H2,1-2H3,(H,31,32)(H,33,34);1H/t17?,19?,23-;/m0./s1. The molecule has 0 saturated heterocycles. The molecule has 0 amide bonds. The highest BCUT2D eigenvalue weighted by Crippen LogP contribution is 2.40. The molecule has 7 nitrogen and oxygen atoms in total. The number of aliphatic carboxylic acids is 2.